The van der Waals surface area contributed by atoms with E-state index >= 15 is 0 Å². The number of nitrogens with zero attached hydrogens (tertiary/aromatic N) is 1. The van der Waals surface area contributed by atoms with Crippen molar-refractivity contribution >= 4 is 5.69 Å². The van der Waals surface area contributed by atoms with Gasteiger partial charge in [-0.3, -0.25) is 0 Å². The summed E-state index contributed by atoms with van der Waals surface area (Å²) in [7, 11) is 1.34. The van der Waals surface area contributed by atoms with Crippen LogP contribution in [0.2, 0.25) is 0 Å². The van der Waals surface area contributed by atoms with Gasteiger partial charge >= 0.3 is 0 Å². The fourth-order valence-corrected chi connectivity index (χ4v) is 3.26. The molecular formula is C21H23F2NO. The first-order valence-electron chi connectivity index (χ1n) is 8.66. The van der Waals surface area contributed by atoms with Crippen molar-refractivity contribution in [1.29, 1.82) is 0 Å². The molecule has 3 rings (SSSR count). The predicted octanol–water partition coefficient (Wildman–Crippen LogP) is 4.99. The second-order valence-electron chi connectivity index (χ2n) is 6.38. The highest BCUT2D eigenvalue weighted by molar-refractivity contribution is 5.51. The number of allylic oxidation sites excluding steroid dienone is 2. The monoisotopic (exact) mass is 343 g/mol. The molecule has 2 nitrogen and oxygen atoms in total. The van der Waals surface area contributed by atoms with Crippen LogP contribution in [0, 0.1) is 17.6 Å². The molecule has 132 valence electrons. The normalized spacial score (nSPS) is 15.7. The van der Waals surface area contributed by atoms with Gasteiger partial charge in [-0.2, -0.15) is 0 Å². The molecule has 0 amide bonds. The number of piperidine rings is 1. The minimum atomic E-state index is -0.524. The molecule has 25 heavy (non-hydrogen) atoms. The average molecular weight is 343 g/mol. The van der Waals surface area contributed by atoms with Crippen molar-refractivity contribution in [3.05, 3.63) is 71.8 Å². The zero-order valence-electron chi connectivity index (χ0n) is 14.4. The van der Waals surface area contributed by atoms with E-state index in [9.17, 15) is 8.78 Å². The van der Waals surface area contributed by atoms with Crippen LogP contribution in [0.3, 0.4) is 0 Å². The Labute approximate surface area is 147 Å². The summed E-state index contributed by atoms with van der Waals surface area (Å²) in [5.74, 6) is -0.522. The second-order valence-corrected chi connectivity index (χ2v) is 6.38. The van der Waals surface area contributed by atoms with Gasteiger partial charge in [0.15, 0.2) is 11.6 Å². The summed E-state index contributed by atoms with van der Waals surface area (Å²) in [6.45, 7) is 1.45. The number of methoxy groups -OCH3 is 1. The lowest BCUT2D eigenvalue weighted by Gasteiger charge is -2.32. The van der Waals surface area contributed by atoms with Gasteiger partial charge in [0, 0.05) is 25.2 Å². The zero-order valence-corrected chi connectivity index (χ0v) is 14.4. The molecule has 1 saturated heterocycles. The molecule has 0 saturated carbocycles. The summed E-state index contributed by atoms with van der Waals surface area (Å²) in [6, 6.07) is 12.7. The van der Waals surface area contributed by atoms with Gasteiger partial charge in [0.1, 0.15) is 5.82 Å². The maximum Gasteiger partial charge on any atom is 0.167 e. The first-order valence-corrected chi connectivity index (χ1v) is 8.66. The van der Waals surface area contributed by atoms with Gasteiger partial charge in [-0.1, -0.05) is 42.5 Å². The number of benzene rings is 2. The first kappa shape index (κ1) is 17.5. The van der Waals surface area contributed by atoms with Gasteiger partial charge in [-0.05, 0) is 30.7 Å². The number of rotatable bonds is 5. The van der Waals surface area contributed by atoms with E-state index in [-0.39, 0.29) is 5.75 Å². The van der Waals surface area contributed by atoms with Crippen LogP contribution in [0.5, 0.6) is 5.75 Å². The molecule has 1 fully saturated rings. The van der Waals surface area contributed by atoms with Crippen LogP contribution in [0.25, 0.3) is 0 Å². The summed E-state index contributed by atoms with van der Waals surface area (Å²) in [6.07, 6.45) is 7.29. The Morgan fingerprint density at radius 3 is 2.48 bits per heavy atom. The van der Waals surface area contributed by atoms with Gasteiger partial charge in [0.05, 0.1) is 12.8 Å². The summed E-state index contributed by atoms with van der Waals surface area (Å²) in [4.78, 5) is 1.92. The van der Waals surface area contributed by atoms with Crippen LogP contribution in [-0.2, 0) is 6.42 Å². The Hall–Kier alpha value is -2.36. The van der Waals surface area contributed by atoms with E-state index in [2.05, 4.69) is 24.3 Å². The summed E-state index contributed by atoms with van der Waals surface area (Å²) < 4.78 is 32.9. The van der Waals surface area contributed by atoms with Crippen LogP contribution in [-0.4, -0.2) is 20.2 Å². The molecule has 2 aromatic rings. The molecule has 1 heterocycles. The molecule has 0 bridgehead atoms. The predicted molar refractivity (Wildman–Crippen MR) is 97.1 cm³/mol. The van der Waals surface area contributed by atoms with Crippen molar-refractivity contribution in [2.24, 2.45) is 5.92 Å². The van der Waals surface area contributed by atoms with Gasteiger partial charge < -0.3 is 9.64 Å². The lowest BCUT2D eigenvalue weighted by atomic mass is 9.95. The van der Waals surface area contributed by atoms with Crippen molar-refractivity contribution in [2.45, 2.75) is 19.3 Å². The highest BCUT2D eigenvalue weighted by Crippen LogP contribution is 2.30. The Morgan fingerprint density at radius 2 is 1.80 bits per heavy atom. The summed E-state index contributed by atoms with van der Waals surface area (Å²) in [5.41, 5.74) is 1.62. The zero-order chi connectivity index (χ0) is 17.6. The molecule has 0 aliphatic carbocycles. The van der Waals surface area contributed by atoms with Gasteiger partial charge in [0.2, 0.25) is 0 Å². The molecule has 0 radical (unpaired) electrons. The lowest BCUT2D eigenvalue weighted by Crippen LogP contribution is -2.33. The topological polar surface area (TPSA) is 12.5 Å². The van der Waals surface area contributed by atoms with Crippen LogP contribution >= 0.6 is 0 Å². The van der Waals surface area contributed by atoms with Crippen LogP contribution in [0.15, 0.2) is 54.6 Å². The standard InChI is InChI=1S/C21H23F2NO/c1-25-21-15-18(22)20(14-19(21)23)24-12-10-17(11-13-24)9-5-8-16-6-3-2-4-7-16/h2-7,9,14-15,17H,8,10-13H2,1H3. The largest absolute Gasteiger partial charge is 0.494 e. The van der Waals surface area contributed by atoms with E-state index in [1.807, 2.05) is 23.1 Å². The maximum absolute atomic E-state index is 14.2. The number of anilines is 1. The Morgan fingerprint density at radius 1 is 1.08 bits per heavy atom. The molecular weight excluding hydrogens is 320 g/mol. The molecule has 1 aliphatic heterocycles. The highest BCUT2D eigenvalue weighted by Gasteiger charge is 2.21. The minimum Gasteiger partial charge on any atom is -0.494 e. The van der Waals surface area contributed by atoms with Crippen LogP contribution in [0.4, 0.5) is 14.5 Å². The van der Waals surface area contributed by atoms with E-state index in [0.29, 0.717) is 11.6 Å². The van der Waals surface area contributed by atoms with Crippen molar-refractivity contribution < 1.29 is 13.5 Å². The van der Waals surface area contributed by atoms with E-state index in [1.54, 1.807) is 0 Å². The SMILES string of the molecule is COc1cc(F)c(N2CCC(C=CCc3ccccc3)CC2)cc1F. The smallest absolute Gasteiger partial charge is 0.167 e. The number of hydrogen-bond acceptors (Lipinski definition) is 2. The maximum atomic E-state index is 14.2. The lowest BCUT2D eigenvalue weighted by molar-refractivity contribution is 0.382. The Balaban J connectivity index is 1.56. The third kappa shape index (κ3) is 4.38. The highest BCUT2D eigenvalue weighted by atomic mass is 19.1. The number of halogens is 2. The molecule has 2 aromatic carbocycles. The molecule has 0 spiro atoms. The third-order valence-electron chi connectivity index (χ3n) is 4.71. The Kier molecular flexibility index (Phi) is 5.69. The third-order valence-corrected chi connectivity index (χ3v) is 4.71. The quantitative estimate of drug-likeness (QED) is 0.709. The van der Waals surface area contributed by atoms with Gasteiger partial charge in [-0.15, -0.1) is 0 Å². The second kappa shape index (κ2) is 8.15. The van der Waals surface area contributed by atoms with Gasteiger partial charge in [0.25, 0.3) is 0 Å². The first-order chi connectivity index (χ1) is 12.2. The van der Waals surface area contributed by atoms with E-state index < -0.39 is 11.6 Å². The van der Waals surface area contributed by atoms with E-state index in [1.165, 1.54) is 18.7 Å². The molecule has 0 aromatic heterocycles. The Bertz CT molecular complexity index is 722. The summed E-state index contributed by atoms with van der Waals surface area (Å²) in [5, 5.41) is 0. The fourth-order valence-electron chi connectivity index (χ4n) is 3.26. The molecule has 0 atom stereocenters. The van der Waals surface area contributed by atoms with Gasteiger partial charge in [-0.25, -0.2) is 8.78 Å². The van der Waals surface area contributed by atoms with Crippen molar-refractivity contribution in [1.82, 2.24) is 0 Å². The van der Waals surface area contributed by atoms with Crippen LogP contribution < -0.4 is 9.64 Å². The minimum absolute atomic E-state index is 0.0556. The number of hydrogen-bond donors (Lipinski definition) is 0. The molecule has 0 unspecified atom stereocenters. The van der Waals surface area contributed by atoms with Crippen molar-refractivity contribution in [2.75, 3.05) is 25.1 Å². The van der Waals surface area contributed by atoms with E-state index in [4.69, 9.17) is 4.74 Å². The van der Waals surface area contributed by atoms with Crippen LogP contribution in [0.1, 0.15) is 18.4 Å². The van der Waals surface area contributed by atoms with E-state index in [0.717, 1.165) is 38.4 Å². The molecule has 1 aliphatic rings. The number of ether oxygens (including phenoxy) is 1. The summed E-state index contributed by atoms with van der Waals surface area (Å²) >= 11 is 0. The van der Waals surface area contributed by atoms with Crippen molar-refractivity contribution in [3.8, 4) is 5.75 Å². The molecule has 0 N–H and O–H groups in total. The average Bonchev–Trinajstić information content (AvgIpc) is 2.65. The van der Waals surface area contributed by atoms with Crippen molar-refractivity contribution in [3.63, 3.8) is 0 Å². The fraction of sp³-hybridized carbons (Fsp3) is 0.333. The molecule has 4 heteroatoms.